The van der Waals surface area contributed by atoms with E-state index in [4.69, 9.17) is 18.9 Å². The minimum absolute atomic E-state index is 0.00220. The summed E-state index contributed by atoms with van der Waals surface area (Å²) in [7, 11) is 1.40. The van der Waals surface area contributed by atoms with E-state index in [1.165, 1.54) is 43.5 Å². The van der Waals surface area contributed by atoms with Gasteiger partial charge in [-0.3, -0.25) is 10.1 Å². The summed E-state index contributed by atoms with van der Waals surface area (Å²) in [6.45, 7) is 1.81. The van der Waals surface area contributed by atoms with E-state index in [2.05, 4.69) is 4.99 Å². The number of aliphatic imine (C=N–C) groups is 1. The number of hydrogen-bond acceptors (Lipinski definition) is 9. The Morgan fingerprint density at radius 1 is 1.23 bits per heavy atom. The van der Waals surface area contributed by atoms with Gasteiger partial charge in [0.25, 0.3) is 5.69 Å². The van der Waals surface area contributed by atoms with E-state index in [1.807, 2.05) is 0 Å². The fourth-order valence-electron chi connectivity index (χ4n) is 2.54. The summed E-state index contributed by atoms with van der Waals surface area (Å²) in [4.78, 5) is 38.2. The number of benzene rings is 2. The van der Waals surface area contributed by atoms with Gasteiger partial charge in [0.05, 0.1) is 18.6 Å². The molecule has 3 rings (SSSR count). The predicted octanol–water partition coefficient (Wildman–Crippen LogP) is 3.48. The van der Waals surface area contributed by atoms with Crippen molar-refractivity contribution in [2.24, 2.45) is 4.99 Å². The number of carbonyl (C=O) groups is 2. The van der Waals surface area contributed by atoms with Crippen molar-refractivity contribution in [3.8, 4) is 11.5 Å². The second kappa shape index (κ2) is 8.86. The van der Waals surface area contributed by atoms with Crippen LogP contribution in [0.25, 0.3) is 6.08 Å². The zero-order valence-electron chi connectivity index (χ0n) is 16.0. The molecule has 0 amide bonds. The minimum atomic E-state index is -0.868. The number of hydrogen-bond donors (Lipinski definition) is 0. The highest BCUT2D eigenvalue weighted by Gasteiger charge is 2.25. The van der Waals surface area contributed by atoms with Gasteiger partial charge < -0.3 is 18.9 Å². The number of ether oxygens (including phenoxy) is 4. The molecule has 0 radical (unpaired) electrons. The zero-order valence-corrected chi connectivity index (χ0v) is 16.0. The number of non-ortho nitro benzene ring substituents is 1. The van der Waals surface area contributed by atoms with Gasteiger partial charge in [-0.1, -0.05) is 12.1 Å². The van der Waals surface area contributed by atoms with E-state index >= 15 is 0 Å². The third kappa shape index (κ3) is 4.61. The maximum Gasteiger partial charge on any atom is 0.513 e. The van der Waals surface area contributed by atoms with Crippen LogP contribution in [0, 0.1) is 10.1 Å². The molecule has 0 fully saturated rings. The third-order valence-corrected chi connectivity index (χ3v) is 3.87. The van der Waals surface area contributed by atoms with Crippen LogP contribution in [-0.4, -0.2) is 36.7 Å². The Bertz CT molecular complexity index is 1070. The molecule has 0 N–H and O–H groups in total. The Hall–Kier alpha value is -4.21. The maximum atomic E-state index is 12.2. The van der Waals surface area contributed by atoms with E-state index in [0.29, 0.717) is 11.1 Å². The van der Waals surface area contributed by atoms with Gasteiger partial charge in [-0.15, -0.1) is 0 Å². The second-order valence-corrected chi connectivity index (χ2v) is 5.84. The summed E-state index contributed by atoms with van der Waals surface area (Å²) in [6, 6.07) is 10.2. The first-order valence-electron chi connectivity index (χ1n) is 8.71. The molecule has 2 aromatic rings. The molecular weight excluding hydrogens is 396 g/mol. The Morgan fingerprint density at radius 2 is 2.03 bits per heavy atom. The van der Waals surface area contributed by atoms with Gasteiger partial charge in [-0.25, -0.2) is 14.6 Å². The first-order chi connectivity index (χ1) is 14.4. The summed E-state index contributed by atoms with van der Waals surface area (Å²) in [5.41, 5.74) is 0.680. The molecule has 0 aliphatic carbocycles. The Balaban J connectivity index is 1.87. The van der Waals surface area contributed by atoms with Crippen LogP contribution in [0.3, 0.4) is 0 Å². The number of nitro benzene ring substituents is 1. The first-order valence-corrected chi connectivity index (χ1v) is 8.71. The van der Waals surface area contributed by atoms with Crippen LogP contribution in [-0.2, 0) is 14.3 Å². The molecule has 10 heteroatoms. The maximum absolute atomic E-state index is 12.2. The van der Waals surface area contributed by atoms with Crippen LogP contribution in [0.5, 0.6) is 11.5 Å². The SMILES string of the molecule is CCOC(=O)Oc1ccc(/C=C2/N=C(c3cccc([N+](=O)[O-])c3)OC2=O)cc1OC. The van der Waals surface area contributed by atoms with E-state index in [0.717, 1.165) is 0 Å². The fraction of sp³-hybridized carbons (Fsp3) is 0.150. The number of cyclic esters (lactones) is 1. The minimum Gasteiger partial charge on any atom is -0.493 e. The number of esters is 1. The smallest absolute Gasteiger partial charge is 0.493 e. The van der Waals surface area contributed by atoms with E-state index in [1.54, 1.807) is 19.1 Å². The molecule has 0 unspecified atom stereocenters. The average molecular weight is 412 g/mol. The van der Waals surface area contributed by atoms with Crippen LogP contribution in [0.2, 0.25) is 0 Å². The summed E-state index contributed by atoms with van der Waals surface area (Å²) in [5.74, 6) is -0.356. The van der Waals surface area contributed by atoms with Gasteiger partial charge in [0, 0.05) is 17.7 Å². The van der Waals surface area contributed by atoms with Crippen LogP contribution in [0.15, 0.2) is 53.2 Å². The van der Waals surface area contributed by atoms with Gasteiger partial charge in [0.2, 0.25) is 5.90 Å². The predicted molar refractivity (Wildman–Crippen MR) is 104 cm³/mol. The lowest BCUT2D eigenvalue weighted by molar-refractivity contribution is -0.384. The highest BCUT2D eigenvalue weighted by atomic mass is 16.7. The Morgan fingerprint density at radius 3 is 2.73 bits per heavy atom. The molecule has 1 aliphatic rings. The van der Waals surface area contributed by atoms with Crippen molar-refractivity contribution < 1.29 is 33.5 Å². The number of methoxy groups -OCH3 is 1. The monoisotopic (exact) mass is 412 g/mol. The van der Waals surface area contributed by atoms with Crippen molar-refractivity contribution in [2.75, 3.05) is 13.7 Å². The van der Waals surface area contributed by atoms with Gasteiger partial charge >= 0.3 is 12.1 Å². The highest BCUT2D eigenvalue weighted by Crippen LogP contribution is 2.30. The molecular formula is C20H16N2O8. The molecule has 1 heterocycles. The molecule has 154 valence electrons. The van der Waals surface area contributed by atoms with E-state index in [-0.39, 0.29) is 35.4 Å². The summed E-state index contributed by atoms with van der Waals surface area (Å²) < 4.78 is 20.1. The average Bonchev–Trinajstić information content (AvgIpc) is 3.09. The van der Waals surface area contributed by atoms with Crippen LogP contribution in [0.4, 0.5) is 10.5 Å². The van der Waals surface area contributed by atoms with Crippen molar-refractivity contribution in [3.63, 3.8) is 0 Å². The molecule has 0 bridgehead atoms. The Kier molecular flexibility index (Phi) is 6.06. The fourth-order valence-corrected chi connectivity index (χ4v) is 2.54. The van der Waals surface area contributed by atoms with Gasteiger partial charge in [0.1, 0.15) is 0 Å². The highest BCUT2D eigenvalue weighted by molar-refractivity contribution is 6.13. The summed E-state index contributed by atoms with van der Waals surface area (Å²) in [5, 5.41) is 10.9. The van der Waals surface area contributed by atoms with Gasteiger partial charge in [0.15, 0.2) is 17.2 Å². The van der Waals surface area contributed by atoms with E-state index in [9.17, 15) is 19.7 Å². The quantitative estimate of drug-likeness (QED) is 0.232. The molecule has 0 spiro atoms. The molecule has 30 heavy (non-hydrogen) atoms. The normalized spacial score (nSPS) is 14.1. The molecule has 2 aromatic carbocycles. The number of rotatable bonds is 6. The van der Waals surface area contributed by atoms with Crippen molar-refractivity contribution in [1.82, 2.24) is 0 Å². The van der Waals surface area contributed by atoms with Crippen LogP contribution < -0.4 is 9.47 Å². The van der Waals surface area contributed by atoms with Crippen molar-refractivity contribution in [2.45, 2.75) is 6.92 Å². The zero-order chi connectivity index (χ0) is 21.7. The lowest BCUT2D eigenvalue weighted by Crippen LogP contribution is -2.10. The standard InChI is InChI=1S/C20H16N2O8/c1-3-28-20(24)29-16-8-7-12(10-17(16)27-2)9-15-19(23)30-18(21-15)13-5-4-6-14(11-13)22(25)26/h4-11H,3H2,1-2H3/b15-9+. The van der Waals surface area contributed by atoms with Crippen LogP contribution >= 0.6 is 0 Å². The van der Waals surface area contributed by atoms with Crippen molar-refractivity contribution in [1.29, 1.82) is 0 Å². The molecule has 1 aliphatic heterocycles. The summed E-state index contributed by atoms with van der Waals surface area (Å²) in [6.07, 6.45) is 0.580. The van der Waals surface area contributed by atoms with E-state index < -0.39 is 17.0 Å². The molecule has 0 atom stereocenters. The lowest BCUT2D eigenvalue weighted by atomic mass is 10.1. The largest absolute Gasteiger partial charge is 0.513 e. The topological polar surface area (TPSA) is 127 Å². The van der Waals surface area contributed by atoms with Gasteiger partial charge in [-0.2, -0.15) is 0 Å². The number of nitrogens with zero attached hydrogens (tertiary/aromatic N) is 2. The third-order valence-electron chi connectivity index (χ3n) is 3.87. The van der Waals surface area contributed by atoms with Gasteiger partial charge in [-0.05, 0) is 36.8 Å². The molecule has 0 saturated carbocycles. The number of carbonyl (C=O) groups excluding carboxylic acids is 2. The van der Waals surface area contributed by atoms with Crippen molar-refractivity contribution in [3.05, 3.63) is 69.4 Å². The lowest BCUT2D eigenvalue weighted by Gasteiger charge is -2.09. The first kappa shape index (κ1) is 20.5. The molecule has 0 saturated heterocycles. The van der Waals surface area contributed by atoms with Crippen LogP contribution in [0.1, 0.15) is 18.1 Å². The molecule has 0 aromatic heterocycles. The summed E-state index contributed by atoms with van der Waals surface area (Å²) >= 11 is 0. The Labute approximate surface area is 170 Å². The molecule has 10 nitrogen and oxygen atoms in total. The van der Waals surface area contributed by atoms with Crippen molar-refractivity contribution >= 4 is 29.8 Å². The number of nitro groups is 1. The second-order valence-electron chi connectivity index (χ2n) is 5.84.